The summed E-state index contributed by atoms with van der Waals surface area (Å²) < 4.78 is 126. The van der Waals surface area contributed by atoms with E-state index in [-0.39, 0.29) is 157 Å². The highest BCUT2D eigenvalue weighted by molar-refractivity contribution is 5.77. The maximum absolute atomic E-state index is 14.1. The second-order valence-corrected chi connectivity index (χ2v) is 29.8. The summed E-state index contributed by atoms with van der Waals surface area (Å²) in [5.41, 5.74) is -3.44. The van der Waals surface area contributed by atoms with Crippen LogP contribution < -0.4 is 21.3 Å². The average molecular weight is 1710 g/mol. The first-order valence-corrected chi connectivity index (χ1v) is 40.8. The van der Waals surface area contributed by atoms with Crippen molar-refractivity contribution in [3.05, 3.63) is 35.7 Å². The van der Waals surface area contributed by atoms with Gasteiger partial charge in [0, 0.05) is 46.3 Å². The van der Waals surface area contributed by atoms with Gasteiger partial charge in [-0.1, -0.05) is 28.5 Å². The summed E-state index contributed by atoms with van der Waals surface area (Å²) in [5, 5.41) is 109. The summed E-state index contributed by atoms with van der Waals surface area (Å²) in [7, 11) is 0. The van der Waals surface area contributed by atoms with Crippen molar-refractivity contribution in [1.82, 2.24) is 66.2 Å². The lowest BCUT2D eigenvalue weighted by atomic mass is 9.88. The van der Waals surface area contributed by atoms with E-state index in [1.807, 2.05) is 0 Å². The fourth-order valence-corrected chi connectivity index (χ4v) is 13.7. The molecule has 0 saturated carbocycles. The molecular weight excluding hydrogens is 1580 g/mol. The number of amides is 4. The Balaban J connectivity index is 0.694. The molecule has 678 valence electrons. The quantitative estimate of drug-likeness (QED) is 0.0235. The van der Waals surface area contributed by atoms with Gasteiger partial charge in [-0.2, -0.15) is 0 Å². The molecule has 3 aromatic heterocycles. The van der Waals surface area contributed by atoms with Gasteiger partial charge >= 0.3 is 0 Å². The zero-order chi connectivity index (χ0) is 84.4. The number of aliphatic hydroxyl groups excluding tert-OH is 7. The number of ether oxygens (including phenoxy) is 21. The van der Waals surface area contributed by atoms with Gasteiger partial charge in [-0.05, 0) is 25.7 Å². The number of fused-ring (bicyclic) bond motifs is 6. The van der Waals surface area contributed by atoms with Crippen LogP contribution in [0.5, 0.6) is 0 Å². The van der Waals surface area contributed by atoms with E-state index in [2.05, 4.69) is 52.2 Å². The van der Waals surface area contributed by atoms with Crippen LogP contribution in [-0.2, 0) is 158 Å². The van der Waals surface area contributed by atoms with Gasteiger partial charge in [-0.25, -0.2) is 14.0 Å². The predicted molar refractivity (Wildman–Crippen MR) is 403 cm³/mol. The number of hydrogen-bond donors (Lipinski definition) is 11. The number of unbranched alkanes of at least 4 members (excludes halogenated alkanes) is 4. The van der Waals surface area contributed by atoms with Gasteiger partial charge in [0.05, 0.1) is 262 Å². The zero-order valence-electron chi connectivity index (χ0n) is 68.2. The number of carbonyl (C=O) groups is 4. The smallest absolute Gasteiger partial charge is 0.220 e. The third kappa shape index (κ3) is 32.7. The molecule has 45 nitrogen and oxygen atoms in total. The topological polar surface area (TPSA) is 544 Å². The van der Waals surface area contributed by atoms with Crippen molar-refractivity contribution in [2.24, 2.45) is 0 Å². The first kappa shape index (κ1) is 97.0. The molecule has 6 saturated heterocycles. The third-order valence-corrected chi connectivity index (χ3v) is 20.0. The fourth-order valence-electron chi connectivity index (χ4n) is 13.7. The molecule has 11 N–H and O–H groups in total. The molecule has 119 heavy (non-hydrogen) atoms. The Kier molecular flexibility index (Phi) is 43.0. The van der Waals surface area contributed by atoms with Crippen molar-refractivity contribution in [2.75, 3.05) is 211 Å². The molecule has 14 atom stereocenters. The summed E-state index contributed by atoms with van der Waals surface area (Å²) in [5.74, 6) is -1.13. The Hall–Kier alpha value is -5.82. The SMILES string of the molecule is CC(=O)N[C@H]1[C@H]2OC[C@](COCCOCCOCCOCCn3cc(COCC(COCc4cn(CCOCCOCCOCCOC[C@@]56CO[C@@H](O5)[C@H](NC(C)=O)[C@@H](O)[C@H]6O)nn4)(COCc4cn(CCOCCOCCOCCOC[C@]56CO[C@H](C[C@@H](O)[C@H]5O)O6)nn4)NC(=O)CCCCCNC(=O)CCCCCO)nn3)(O2)[C@H](O)[C@@H]1O. The van der Waals surface area contributed by atoms with Crippen LogP contribution in [-0.4, -0.2) is 406 Å². The van der Waals surface area contributed by atoms with Crippen LogP contribution in [0.3, 0.4) is 0 Å². The minimum absolute atomic E-state index is 0.00474. The Morgan fingerprint density at radius 3 is 1.18 bits per heavy atom. The normalized spacial score (nSPS) is 26.2. The van der Waals surface area contributed by atoms with Crippen LogP contribution >= 0.6 is 0 Å². The summed E-state index contributed by atoms with van der Waals surface area (Å²) in [6.45, 7) is 9.99. The minimum Gasteiger partial charge on any atom is -0.396 e. The predicted octanol–water partition coefficient (Wildman–Crippen LogP) is -5.36. The molecule has 3 aromatic rings. The Bertz CT molecular complexity index is 3210. The molecule has 4 amide bonds. The van der Waals surface area contributed by atoms with Crippen LogP contribution in [0.1, 0.15) is 88.7 Å². The summed E-state index contributed by atoms with van der Waals surface area (Å²) in [6.07, 6.45) is 0.144. The molecule has 0 radical (unpaired) electrons. The van der Waals surface area contributed by atoms with E-state index in [9.17, 15) is 49.8 Å². The van der Waals surface area contributed by atoms with Crippen LogP contribution in [0.2, 0.25) is 0 Å². The lowest BCUT2D eigenvalue weighted by molar-refractivity contribution is -0.238. The largest absolute Gasteiger partial charge is 0.396 e. The molecule has 6 aliphatic heterocycles. The number of carbonyl (C=O) groups excluding carboxylic acids is 4. The zero-order valence-corrected chi connectivity index (χ0v) is 68.2. The third-order valence-electron chi connectivity index (χ3n) is 20.0. The summed E-state index contributed by atoms with van der Waals surface area (Å²) in [6, 6.07) is -1.82. The van der Waals surface area contributed by atoms with Crippen molar-refractivity contribution >= 4 is 23.6 Å². The van der Waals surface area contributed by atoms with Gasteiger partial charge in [0.15, 0.2) is 18.9 Å². The van der Waals surface area contributed by atoms with E-state index >= 15 is 0 Å². The molecule has 9 heterocycles. The first-order valence-electron chi connectivity index (χ1n) is 40.8. The number of nitrogens with zero attached hydrogens (tertiary/aromatic N) is 9. The number of aromatic nitrogens is 9. The molecule has 0 aliphatic carbocycles. The maximum atomic E-state index is 14.1. The Morgan fingerprint density at radius 1 is 0.437 bits per heavy atom. The van der Waals surface area contributed by atoms with E-state index in [1.165, 1.54) is 13.8 Å². The molecule has 6 bridgehead atoms. The minimum atomic E-state index is -1.34. The molecule has 45 heteroatoms. The van der Waals surface area contributed by atoms with Crippen molar-refractivity contribution in [2.45, 2.75) is 201 Å². The van der Waals surface area contributed by atoms with E-state index in [4.69, 9.17) is 105 Å². The number of aliphatic hydroxyl groups is 7. The summed E-state index contributed by atoms with van der Waals surface area (Å²) >= 11 is 0. The lowest BCUT2D eigenvalue weighted by Gasteiger charge is -2.42. The number of nitrogens with one attached hydrogen (secondary N) is 4. The number of hydrogen-bond acceptors (Lipinski definition) is 38. The Morgan fingerprint density at radius 2 is 0.790 bits per heavy atom. The highest BCUT2D eigenvalue weighted by atomic mass is 16.8. The first-order chi connectivity index (χ1) is 57.8. The average Bonchev–Trinajstić information content (AvgIpc) is 1.62. The highest BCUT2D eigenvalue weighted by Crippen LogP contribution is 2.40. The lowest BCUT2D eigenvalue weighted by Crippen LogP contribution is -2.66. The molecule has 0 aromatic carbocycles. The summed E-state index contributed by atoms with van der Waals surface area (Å²) in [4.78, 5) is 49.7. The van der Waals surface area contributed by atoms with Gasteiger partial charge in [0.25, 0.3) is 0 Å². The highest BCUT2D eigenvalue weighted by Gasteiger charge is 2.61. The van der Waals surface area contributed by atoms with Crippen molar-refractivity contribution in [3.63, 3.8) is 0 Å². The van der Waals surface area contributed by atoms with Gasteiger partial charge in [0.1, 0.15) is 82.0 Å². The molecule has 6 fully saturated rings. The maximum Gasteiger partial charge on any atom is 0.220 e. The van der Waals surface area contributed by atoms with Crippen LogP contribution in [0, 0.1) is 0 Å². The van der Waals surface area contributed by atoms with E-state index < -0.39 is 102 Å². The van der Waals surface area contributed by atoms with E-state index in [0.717, 1.165) is 6.42 Å². The molecule has 6 aliphatic rings. The van der Waals surface area contributed by atoms with Crippen molar-refractivity contribution in [1.29, 1.82) is 0 Å². The molecule has 0 spiro atoms. The second kappa shape index (κ2) is 52.7. The monoisotopic (exact) mass is 1710 g/mol. The van der Waals surface area contributed by atoms with E-state index in [0.29, 0.717) is 174 Å². The standard InChI is InChI=1S/C74H125N13O32/c1-53(89)76-62-64(94)67(97)73(51-115-69(62)118-73)48-109-35-32-106-29-26-103-23-20-100-17-13-86-39-56(80-83-86)42-112-45-71(78-60(93)10-5-3-7-11-75-59(92)9-6-4-8-15-88,44-111-41-55-38-85(82-79-55)12-16-99-19-22-102-25-28-105-31-34-108-47-72-50-114-61(117-72)37-58(91)66(72)96)46-113-43-57-40-87(84-81-57)14-18-101-21-24-104-27-30-107-33-36-110-49-74-52-116-70(119-74)63(77-54(2)90)65(95)68(74)98/h38-40,58,61-70,88,91,94-98H,3-37,41-52H2,1-2H3,(H,75,92)(H,76,89)(H,77,90)(H,78,93)/t58-,61+,62-,63-,64-,65-,66-,67-,68-,69+,70+,72+,73+,74+/m1/s1. The van der Waals surface area contributed by atoms with Crippen LogP contribution in [0.15, 0.2) is 18.6 Å². The van der Waals surface area contributed by atoms with Crippen LogP contribution in [0.25, 0.3) is 0 Å². The van der Waals surface area contributed by atoms with Gasteiger partial charge in [0.2, 0.25) is 23.6 Å². The molecular formula is C74H125N13O32. The number of rotatable bonds is 68. The van der Waals surface area contributed by atoms with Crippen molar-refractivity contribution < 1.29 is 154 Å². The van der Waals surface area contributed by atoms with Gasteiger partial charge in [-0.15, -0.1) is 15.3 Å². The molecule has 0 unspecified atom stereocenters. The van der Waals surface area contributed by atoms with Crippen LogP contribution in [0.4, 0.5) is 0 Å². The Labute approximate surface area is 690 Å². The molecule has 9 rings (SSSR count). The van der Waals surface area contributed by atoms with Gasteiger partial charge in [-0.3, -0.25) is 19.2 Å². The van der Waals surface area contributed by atoms with Gasteiger partial charge < -0.3 is 156 Å². The second-order valence-electron chi connectivity index (χ2n) is 29.8. The van der Waals surface area contributed by atoms with E-state index in [1.54, 1.807) is 32.6 Å². The fraction of sp³-hybridized carbons (Fsp3) is 0.865. The van der Waals surface area contributed by atoms with Crippen molar-refractivity contribution in [3.8, 4) is 0 Å².